The molecule has 1 aromatic heterocycles. The monoisotopic (exact) mass is 530 g/mol. The van der Waals surface area contributed by atoms with Gasteiger partial charge < -0.3 is 15.4 Å². The minimum atomic E-state index is -1.09. The quantitative estimate of drug-likeness (QED) is 0.283. The molecule has 2 aromatic rings. The van der Waals surface area contributed by atoms with E-state index in [-0.39, 0.29) is 23.1 Å². The fraction of sp³-hybridized carbons (Fsp3) is 0.607. The van der Waals surface area contributed by atoms with Crippen molar-refractivity contribution >= 4 is 23.4 Å². The Bertz CT molecular complexity index is 1110. The molecule has 1 spiro atoms. The molecule has 8 nitrogen and oxygen atoms in total. The van der Waals surface area contributed by atoms with Crippen LogP contribution in [0, 0.1) is 11.6 Å². The van der Waals surface area contributed by atoms with Crippen LogP contribution in [0.2, 0.25) is 0 Å². The first kappa shape index (κ1) is 28.0. The molecule has 1 aliphatic carbocycles. The predicted octanol–water partition coefficient (Wildman–Crippen LogP) is 5.93. The largest absolute Gasteiger partial charge is 0.382 e. The first-order valence-electron chi connectivity index (χ1n) is 13.8. The molecule has 1 saturated carbocycles. The van der Waals surface area contributed by atoms with Gasteiger partial charge in [0.25, 0.3) is 5.91 Å². The number of guanidine groups is 1. The number of amides is 1. The molecule has 208 valence electrons. The van der Waals surface area contributed by atoms with E-state index in [9.17, 15) is 13.6 Å². The minimum Gasteiger partial charge on any atom is -0.382 e. The van der Waals surface area contributed by atoms with E-state index >= 15 is 0 Å². The van der Waals surface area contributed by atoms with Gasteiger partial charge in [0.2, 0.25) is 5.96 Å². The molecule has 1 atom stereocenters. The summed E-state index contributed by atoms with van der Waals surface area (Å²) < 4.78 is 32.3. The number of ether oxygens (including phenoxy) is 1. The van der Waals surface area contributed by atoms with Gasteiger partial charge in [-0.3, -0.25) is 15.2 Å². The Balaban J connectivity index is 1.54. The van der Waals surface area contributed by atoms with Gasteiger partial charge >= 0.3 is 0 Å². The molecule has 38 heavy (non-hydrogen) atoms. The predicted molar refractivity (Wildman–Crippen MR) is 146 cm³/mol. The van der Waals surface area contributed by atoms with Crippen molar-refractivity contribution in [2.24, 2.45) is 4.99 Å². The molecule has 1 aromatic carbocycles. The zero-order valence-corrected chi connectivity index (χ0v) is 22.5. The number of aromatic nitrogens is 2. The van der Waals surface area contributed by atoms with Crippen molar-refractivity contribution in [3.05, 3.63) is 41.1 Å². The lowest BCUT2D eigenvalue weighted by Crippen LogP contribution is -2.42. The number of hydrogen-bond donors (Lipinski definition) is 4. The maximum Gasteiger partial charge on any atom is 0.258 e. The number of nitrogens with zero attached hydrogens (tertiary/aromatic N) is 2. The molecule has 1 aliphatic heterocycles. The van der Waals surface area contributed by atoms with E-state index in [0.29, 0.717) is 12.4 Å². The Labute approximate surface area is 223 Å². The van der Waals surface area contributed by atoms with E-state index in [2.05, 4.69) is 31.1 Å². The zero-order chi connectivity index (χ0) is 27.0. The summed E-state index contributed by atoms with van der Waals surface area (Å²) in [6.45, 7) is 2.19. The molecule has 0 unspecified atom stereocenters. The van der Waals surface area contributed by atoms with Crippen molar-refractivity contribution in [3.63, 3.8) is 0 Å². The SMILES string of the molecule is COC[C@H](C)N=C(NC(=O)c1ccc(F)c(F)c1)Nc1n[nH]c2c1NC1(CCCCCCCCCC1)CC2. The maximum atomic E-state index is 13.7. The van der Waals surface area contributed by atoms with Crippen molar-refractivity contribution in [2.75, 3.05) is 24.4 Å². The third-order valence-corrected chi connectivity index (χ3v) is 7.55. The summed E-state index contributed by atoms with van der Waals surface area (Å²) >= 11 is 0. The molecule has 0 bridgehead atoms. The van der Waals surface area contributed by atoms with Gasteiger partial charge in [-0.1, -0.05) is 51.4 Å². The second-order valence-corrected chi connectivity index (χ2v) is 10.6. The van der Waals surface area contributed by atoms with Crippen molar-refractivity contribution in [2.45, 2.75) is 95.6 Å². The van der Waals surface area contributed by atoms with Crippen LogP contribution in [0.25, 0.3) is 0 Å². The van der Waals surface area contributed by atoms with Gasteiger partial charge in [0.1, 0.15) is 5.69 Å². The number of halogens is 2. The molecule has 1 amide bonds. The van der Waals surface area contributed by atoms with Crippen LogP contribution in [-0.4, -0.2) is 47.4 Å². The lowest BCUT2D eigenvalue weighted by molar-refractivity contribution is 0.0976. The Kier molecular flexibility index (Phi) is 9.71. The number of anilines is 2. The third kappa shape index (κ3) is 7.30. The average molecular weight is 531 g/mol. The van der Waals surface area contributed by atoms with Crippen LogP contribution in [-0.2, 0) is 11.2 Å². The van der Waals surface area contributed by atoms with Crippen molar-refractivity contribution in [1.29, 1.82) is 0 Å². The summed E-state index contributed by atoms with van der Waals surface area (Å²) in [6, 6.07) is 2.75. The summed E-state index contributed by atoms with van der Waals surface area (Å²) in [6.07, 6.45) is 14.4. The number of methoxy groups -OCH3 is 1. The van der Waals surface area contributed by atoms with Gasteiger partial charge in [-0.15, -0.1) is 0 Å². The molecule has 4 N–H and O–H groups in total. The summed E-state index contributed by atoms with van der Waals surface area (Å²) in [5.41, 5.74) is 1.92. The van der Waals surface area contributed by atoms with Crippen LogP contribution in [0.1, 0.15) is 93.6 Å². The van der Waals surface area contributed by atoms with E-state index < -0.39 is 17.5 Å². The summed E-state index contributed by atoms with van der Waals surface area (Å²) in [5.74, 6) is -2.02. The van der Waals surface area contributed by atoms with Crippen molar-refractivity contribution in [1.82, 2.24) is 15.5 Å². The first-order chi connectivity index (χ1) is 18.4. The normalized spacial score (nSPS) is 19.1. The standard InChI is InChI=1S/C28H40F2N6O2/c1-19(18-38-2)31-27(33-26(37)20-11-12-21(29)22(30)17-20)32-25-24-23(35-36-25)13-16-28(34-24)14-9-7-5-3-4-6-8-10-15-28/h11-12,17,19,34H,3-10,13-16,18H2,1-2H3,(H3,31,32,33,35,36,37)/t19-/m0/s1. The van der Waals surface area contributed by atoms with Crippen LogP contribution in [0.4, 0.5) is 20.3 Å². The Morgan fingerprint density at radius 1 is 1.08 bits per heavy atom. The Morgan fingerprint density at radius 2 is 1.76 bits per heavy atom. The van der Waals surface area contributed by atoms with E-state index in [0.717, 1.165) is 49.2 Å². The number of carbonyl (C=O) groups is 1. The molecule has 0 saturated heterocycles. The van der Waals surface area contributed by atoms with Gasteiger partial charge in [-0.2, -0.15) is 5.10 Å². The minimum absolute atomic E-state index is 0.0173. The number of benzene rings is 1. The van der Waals surface area contributed by atoms with Crippen LogP contribution >= 0.6 is 0 Å². The van der Waals surface area contributed by atoms with Crippen LogP contribution in [0.3, 0.4) is 0 Å². The fourth-order valence-corrected chi connectivity index (χ4v) is 5.49. The van der Waals surface area contributed by atoms with Gasteiger partial charge in [0, 0.05) is 18.2 Å². The Morgan fingerprint density at radius 3 is 2.42 bits per heavy atom. The molecule has 4 rings (SSSR count). The van der Waals surface area contributed by atoms with Gasteiger partial charge in [0.15, 0.2) is 17.5 Å². The number of aliphatic imine (C=N–C) groups is 1. The van der Waals surface area contributed by atoms with Gasteiger partial charge in [0.05, 0.1) is 18.3 Å². The van der Waals surface area contributed by atoms with E-state index in [1.165, 1.54) is 57.4 Å². The molecule has 2 heterocycles. The second kappa shape index (κ2) is 13.2. The number of carbonyl (C=O) groups excluding carboxylic acids is 1. The highest BCUT2D eigenvalue weighted by Crippen LogP contribution is 2.40. The summed E-state index contributed by atoms with van der Waals surface area (Å²) in [5, 5.41) is 17.3. The molecule has 0 radical (unpaired) electrons. The smallest absolute Gasteiger partial charge is 0.258 e. The number of nitrogens with one attached hydrogen (secondary N) is 4. The molecule has 1 fully saturated rings. The number of H-pyrrole nitrogens is 1. The lowest BCUT2D eigenvalue weighted by Gasteiger charge is -2.39. The van der Waals surface area contributed by atoms with Crippen LogP contribution in [0.15, 0.2) is 23.2 Å². The van der Waals surface area contributed by atoms with E-state index in [4.69, 9.17) is 4.74 Å². The first-order valence-corrected chi connectivity index (χ1v) is 13.8. The highest BCUT2D eigenvalue weighted by atomic mass is 19.2. The lowest BCUT2D eigenvalue weighted by atomic mass is 9.80. The number of aryl methyl sites for hydroxylation is 1. The van der Waals surface area contributed by atoms with E-state index in [1.54, 1.807) is 7.11 Å². The highest BCUT2D eigenvalue weighted by molar-refractivity contribution is 6.10. The maximum absolute atomic E-state index is 13.7. The average Bonchev–Trinajstić information content (AvgIpc) is 3.25. The topological polar surface area (TPSA) is 103 Å². The van der Waals surface area contributed by atoms with Crippen LogP contribution in [0.5, 0.6) is 0 Å². The number of aromatic amines is 1. The van der Waals surface area contributed by atoms with E-state index in [1.807, 2.05) is 6.92 Å². The third-order valence-electron chi connectivity index (χ3n) is 7.55. The van der Waals surface area contributed by atoms with Crippen molar-refractivity contribution in [3.8, 4) is 0 Å². The molecular formula is C28H40F2N6O2. The number of hydrogen-bond acceptors (Lipinski definition) is 5. The Hall–Kier alpha value is -3.01. The summed E-state index contributed by atoms with van der Waals surface area (Å²) in [4.78, 5) is 17.4. The zero-order valence-electron chi connectivity index (χ0n) is 22.5. The van der Waals surface area contributed by atoms with Crippen molar-refractivity contribution < 1.29 is 18.3 Å². The molecular weight excluding hydrogens is 490 g/mol. The summed E-state index contributed by atoms with van der Waals surface area (Å²) in [7, 11) is 1.58. The van der Waals surface area contributed by atoms with Gasteiger partial charge in [-0.05, 0) is 50.8 Å². The molecule has 2 aliphatic rings. The number of rotatable bonds is 5. The van der Waals surface area contributed by atoms with Gasteiger partial charge in [-0.25, -0.2) is 13.8 Å². The fourth-order valence-electron chi connectivity index (χ4n) is 5.49. The molecule has 10 heteroatoms. The highest BCUT2D eigenvalue weighted by Gasteiger charge is 2.35. The van der Waals surface area contributed by atoms with Crippen LogP contribution < -0.4 is 16.0 Å². The second-order valence-electron chi connectivity index (χ2n) is 10.6. The number of fused-ring (bicyclic) bond motifs is 1.